The molecule has 3 heteroatoms. The number of para-hydroxylation sites is 1. The van der Waals surface area contributed by atoms with E-state index in [1.54, 1.807) is 0 Å². The third kappa shape index (κ3) is 2.53. The highest BCUT2D eigenvalue weighted by Crippen LogP contribution is 2.29. The average Bonchev–Trinajstić information content (AvgIpc) is 2.25. The highest BCUT2D eigenvalue weighted by molar-refractivity contribution is 7.80. The Bertz CT molecular complexity index is 389. The van der Waals surface area contributed by atoms with Crippen molar-refractivity contribution in [2.45, 2.75) is 19.8 Å². The van der Waals surface area contributed by atoms with E-state index in [1.807, 2.05) is 0 Å². The molecule has 2 rings (SSSR count). The lowest BCUT2D eigenvalue weighted by atomic mass is 9.94. The zero-order chi connectivity index (χ0) is 11.5. The van der Waals surface area contributed by atoms with Crippen LogP contribution in [0.25, 0.3) is 0 Å². The molecule has 0 aromatic heterocycles. The summed E-state index contributed by atoms with van der Waals surface area (Å²) < 4.78 is 0. The van der Waals surface area contributed by atoms with Crippen molar-refractivity contribution in [3.63, 3.8) is 0 Å². The Labute approximate surface area is 102 Å². The fourth-order valence-corrected chi connectivity index (χ4v) is 2.45. The standard InChI is InChI=1S/C13H18N2S/c1-10-8-11-4-2-3-5-12(11)15(9-10)7-6-13(14)16/h2-5,10H,6-9H2,1H3,(H2,14,16). The zero-order valence-corrected chi connectivity index (χ0v) is 10.5. The third-order valence-electron chi connectivity index (χ3n) is 3.06. The first-order valence-electron chi connectivity index (χ1n) is 5.78. The van der Waals surface area contributed by atoms with Crippen molar-refractivity contribution in [3.8, 4) is 0 Å². The number of hydrogen-bond acceptors (Lipinski definition) is 2. The van der Waals surface area contributed by atoms with Crippen molar-refractivity contribution < 1.29 is 0 Å². The number of rotatable bonds is 3. The quantitative estimate of drug-likeness (QED) is 0.814. The molecule has 0 saturated heterocycles. The minimum atomic E-state index is 0.607. The molecule has 1 aliphatic heterocycles. The number of nitrogens with two attached hydrogens (primary N) is 1. The van der Waals surface area contributed by atoms with Gasteiger partial charge in [-0.3, -0.25) is 0 Å². The van der Waals surface area contributed by atoms with Gasteiger partial charge in [-0.2, -0.15) is 0 Å². The Morgan fingerprint density at radius 1 is 1.50 bits per heavy atom. The second-order valence-corrected chi connectivity index (χ2v) is 5.12. The Morgan fingerprint density at radius 2 is 2.25 bits per heavy atom. The topological polar surface area (TPSA) is 29.3 Å². The first kappa shape index (κ1) is 11.4. The summed E-state index contributed by atoms with van der Waals surface area (Å²) in [7, 11) is 0. The van der Waals surface area contributed by atoms with E-state index in [0.717, 1.165) is 19.5 Å². The van der Waals surface area contributed by atoms with Crippen LogP contribution >= 0.6 is 12.2 Å². The van der Waals surface area contributed by atoms with Crippen LogP contribution in [0.5, 0.6) is 0 Å². The van der Waals surface area contributed by atoms with Gasteiger partial charge in [0.25, 0.3) is 0 Å². The molecule has 1 atom stereocenters. The number of fused-ring (bicyclic) bond motifs is 1. The van der Waals surface area contributed by atoms with Crippen molar-refractivity contribution in [2.24, 2.45) is 11.7 Å². The molecule has 0 amide bonds. The van der Waals surface area contributed by atoms with Gasteiger partial charge in [-0.05, 0) is 24.0 Å². The van der Waals surface area contributed by atoms with E-state index in [4.69, 9.17) is 18.0 Å². The van der Waals surface area contributed by atoms with E-state index in [0.29, 0.717) is 10.9 Å². The Morgan fingerprint density at radius 3 is 3.00 bits per heavy atom. The van der Waals surface area contributed by atoms with Gasteiger partial charge in [0, 0.05) is 25.2 Å². The van der Waals surface area contributed by atoms with Crippen LogP contribution in [0.3, 0.4) is 0 Å². The molecule has 1 aromatic carbocycles. The molecular weight excluding hydrogens is 216 g/mol. The van der Waals surface area contributed by atoms with Crippen LogP contribution in [0, 0.1) is 5.92 Å². The second-order valence-electron chi connectivity index (χ2n) is 4.60. The lowest BCUT2D eigenvalue weighted by molar-refractivity contribution is 0.534. The molecule has 0 fully saturated rings. The maximum absolute atomic E-state index is 5.57. The minimum Gasteiger partial charge on any atom is -0.393 e. The predicted octanol–water partition coefficient (Wildman–Crippen LogP) is 2.36. The van der Waals surface area contributed by atoms with Crippen molar-refractivity contribution in [1.82, 2.24) is 0 Å². The molecular formula is C13H18N2S. The number of hydrogen-bond donors (Lipinski definition) is 1. The first-order valence-corrected chi connectivity index (χ1v) is 6.19. The van der Waals surface area contributed by atoms with Crippen molar-refractivity contribution in [2.75, 3.05) is 18.0 Å². The van der Waals surface area contributed by atoms with Crippen molar-refractivity contribution in [3.05, 3.63) is 29.8 Å². The summed E-state index contributed by atoms with van der Waals surface area (Å²) in [6.45, 7) is 4.35. The van der Waals surface area contributed by atoms with Crippen LogP contribution in [0.15, 0.2) is 24.3 Å². The van der Waals surface area contributed by atoms with Gasteiger partial charge in [-0.25, -0.2) is 0 Å². The summed E-state index contributed by atoms with van der Waals surface area (Å²) in [5.41, 5.74) is 8.38. The number of thiocarbonyl (C=S) groups is 1. The summed E-state index contributed by atoms with van der Waals surface area (Å²) >= 11 is 4.94. The fourth-order valence-electron chi connectivity index (χ4n) is 2.36. The first-order chi connectivity index (χ1) is 7.66. The van der Waals surface area contributed by atoms with Crippen LogP contribution in [0.1, 0.15) is 18.9 Å². The third-order valence-corrected chi connectivity index (χ3v) is 3.26. The van der Waals surface area contributed by atoms with Crippen molar-refractivity contribution >= 4 is 22.9 Å². The van der Waals surface area contributed by atoms with Gasteiger partial charge in [-0.1, -0.05) is 37.3 Å². The molecule has 1 unspecified atom stereocenters. The molecule has 1 heterocycles. The van der Waals surface area contributed by atoms with E-state index in [9.17, 15) is 0 Å². The lowest BCUT2D eigenvalue weighted by Gasteiger charge is -2.34. The van der Waals surface area contributed by atoms with Gasteiger partial charge in [0.2, 0.25) is 0 Å². The minimum absolute atomic E-state index is 0.607. The molecule has 0 saturated carbocycles. The molecule has 2 nitrogen and oxygen atoms in total. The molecule has 0 radical (unpaired) electrons. The summed E-state index contributed by atoms with van der Waals surface area (Å²) in [6, 6.07) is 8.63. The lowest BCUT2D eigenvalue weighted by Crippen LogP contribution is -2.36. The summed E-state index contributed by atoms with van der Waals surface area (Å²) in [6.07, 6.45) is 1.98. The largest absolute Gasteiger partial charge is 0.393 e. The van der Waals surface area contributed by atoms with Gasteiger partial charge < -0.3 is 10.6 Å². The monoisotopic (exact) mass is 234 g/mol. The maximum Gasteiger partial charge on any atom is 0.0745 e. The number of benzene rings is 1. The fraction of sp³-hybridized carbons (Fsp3) is 0.462. The Balaban J connectivity index is 2.16. The van der Waals surface area contributed by atoms with Gasteiger partial charge in [0.05, 0.1) is 4.99 Å². The van der Waals surface area contributed by atoms with E-state index in [-0.39, 0.29) is 0 Å². The van der Waals surface area contributed by atoms with Gasteiger partial charge in [-0.15, -0.1) is 0 Å². The molecule has 16 heavy (non-hydrogen) atoms. The zero-order valence-electron chi connectivity index (χ0n) is 9.65. The molecule has 0 spiro atoms. The van der Waals surface area contributed by atoms with Gasteiger partial charge >= 0.3 is 0 Å². The van der Waals surface area contributed by atoms with Crippen LogP contribution in [-0.2, 0) is 6.42 Å². The van der Waals surface area contributed by atoms with Crippen LogP contribution in [0.4, 0.5) is 5.69 Å². The summed E-state index contributed by atoms with van der Waals surface area (Å²) in [5.74, 6) is 0.709. The van der Waals surface area contributed by atoms with E-state index >= 15 is 0 Å². The second kappa shape index (κ2) is 4.83. The molecule has 2 N–H and O–H groups in total. The number of nitrogens with zero attached hydrogens (tertiary/aromatic N) is 1. The normalized spacial score (nSPS) is 19.3. The highest BCUT2D eigenvalue weighted by Gasteiger charge is 2.20. The molecule has 1 aromatic rings. The van der Waals surface area contributed by atoms with Crippen LogP contribution in [0.2, 0.25) is 0 Å². The molecule has 86 valence electrons. The molecule has 0 aliphatic carbocycles. The average molecular weight is 234 g/mol. The summed E-state index contributed by atoms with van der Waals surface area (Å²) in [4.78, 5) is 3.01. The SMILES string of the molecule is CC1Cc2ccccc2N(CCC(N)=S)C1. The van der Waals surface area contributed by atoms with Gasteiger partial charge in [0.1, 0.15) is 0 Å². The van der Waals surface area contributed by atoms with E-state index in [1.165, 1.54) is 17.7 Å². The molecule has 1 aliphatic rings. The Kier molecular flexibility index (Phi) is 3.44. The number of anilines is 1. The Hall–Kier alpha value is -1.09. The highest BCUT2D eigenvalue weighted by atomic mass is 32.1. The van der Waals surface area contributed by atoms with Crippen LogP contribution < -0.4 is 10.6 Å². The van der Waals surface area contributed by atoms with Gasteiger partial charge in [0.15, 0.2) is 0 Å². The smallest absolute Gasteiger partial charge is 0.0745 e. The summed E-state index contributed by atoms with van der Waals surface area (Å²) in [5, 5.41) is 0. The van der Waals surface area contributed by atoms with Crippen molar-refractivity contribution in [1.29, 1.82) is 0 Å². The predicted molar refractivity (Wildman–Crippen MR) is 72.9 cm³/mol. The molecule has 0 bridgehead atoms. The van der Waals surface area contributed by atoms with E-state index < -0.39 is 0 Å². The van der Waals surface area contributed by atoms with E-state index in [2.05, 4.69) is 36.1 Å². The maximum atomic E-state index is 5.57. The van der Waals surface area contributed by atoms with Crippen LogP contribution in [-0.4, -0.2) is 18.1 Å².